The van der Waals surface area contributed by atoms with Crippen LogP contribution >= 0.6 is 12.2 Å². The number of rotatable bonds is 5. The Kier molecular flexibility index (Phi) is 8.46. The molecule has 0 spiro atoms. The second-order valence-corrected chi connectivity index (χ2v) is 8.02. The molecule has 30 heavy (non-hydrogen) atoms. The zero-order valence-corrected chi connectivity index (χ0v) is 18.4. The van der Waals surface area contributed by atoms with E-state index in [1.807, 2.05) is 19.1 Å². The van der Waals surface area contributed by atoms with Gasteiger partial charge in [-0.05, 0) is 26.0 Å². The highest BCUT2D eigenvalue weighted by Crippen LogP contribution is 2.40. The monoisotopic (exact) mass is 431 g/mol. The topological polar surface area (TPSA) is 87.1 Å². The van der Waals surface area contributed by atoms with Gasteiger partial charge in [0.2, 0.25) is 0 Å². The van der Waals surface area contributed by atoms with Crippen LogP contribution < -0.4 is 0 Å². The summed E-state index contributed by atoms with van der Waals surface area (Å²) in [6.45, 7) is 10.9. The minimum absolute atomic E-state index is 0.00187. The van der Waals surface area contributed by atoms with Crippen LogP contribution in [0.4, 0.5) is 0 Å². The van der Waals surface area contributed by atoms with E-state index in [2.05, 4.69) is 11.8 Å². The molecule has 162 valence electrons. The molecular weight excluding hydrogens is 402 g/mol. The quantitative estimate of drug-likeness (QED) is 0.546. The van der Waals surface area contributed by atoms with E-state index in [1.54, 1.807) is 12.1 Å². The van der Waals surface area contributed by atoms with Gasteiger partial charge in [0.05, 0.1) is 18.6 Å². The average Bonchev–Trinajstić information content (AvgIpc) is 2.74. The SMILES string of the molecule is CCN1CCOCC1.Cc1ccc(C(=S)C2C(C(=O)O)=CC=CC2(C)C(=O)O)cc1. The summed E-state index contributed by atoms with van der Waals surface area (Å²) in [6, 6.07) is 7.31. The molecule has 2 N–H and O–H groups in total. The van der Waals surface area contributed by atoms with Crippen molar-refractivity contribution in [3.05, 3.63) is 59.2 Å². The first-order valence-corrected chi connectivity index (χ1v) is 10.4. The highest BCUT2D eigenvalue weighted by Gasteiger charge is 2.46. The van der Waals surface area contributed by atoms with Crippen molar-refractivity contribution < 1.29 is 24.5 Å². The van der Waals surface area contributed by atoms with Crippen LogP contribution in [0.5, 0.6) is 0 Å². The van der Waals surface area contributed by atoms with Gasteiger partial charge in [0.25, 0.3) is 0 Å². The number of aryl methyl sites for hydroxylation is 1. The van der Waals surface area contributed by atoms with E-state index in [4.69, 9.17) is 17.0 Å². The number of nitrogens with zero attached hydrogens (tertiary/aromatic N) is 1. The molecule has 1 fully saturated rings. The lowest BCUT2D eigenvalue weighted by molar-refractivity contribution is -0.146. The molecular formula is C23H29NO5S. The van der Waals surface area contributed by atoms with Gasteiger partial charge in [0, 0.05) is 29.4 Å². The van der Waals surface area contributed by atoms with Crippen LogP contribution in [0.2, 0.25) is 0 Å². The molecule has 1 saturated heterocycles. The van der Waals surface area contributed by atoms with E-state index < -0.39 is 23.3 Å². The molecule has 2 aliphatic rings. The Morgan fingerprint density at radius 1 is 1.20 bits per heavy atom. The molecule has 0 bridgehead atoms. The number of thiocarbonyl (C=S) groups is 1. The maximum atomic E-state index is 11.7. The zero-order valence-electron chi connectivity index (χ0n) is 17.6. The Hall–Kier alpha value is -2.35. The molecule has 0 aromatic heterocycles. The summed E-state index contributed by atoms with van der Waals surface area (Å²) in [6.07, 6.45) is 4.37. The lowest BCUT2D eigenvalue weighted by Gasteiger charge is -2.34. The minimum atomic E-state index is -1.38. The first-order chi connectivity index (χ1) is 14.2. The lowest BCUT2D eigenvalue weighted by atomic mass is 9.67. The normalized spacial score (nSPS) is 23.7. The van der Waals surface area contributed by atoms with Crippen LogP contribution in [0.3, 0.4) is 0 Å². The van der Waals surface area contributed by atoms with Crippen molar-refractivity contribution in [2.75, 3.05) is 32.8 Å². The van der Waals surface area contributed by atoms with Gasteiger partial charge in [-0.25, -0.2) is 4.79 Å². The number of allylic oxidation sites excluding steroid dienone is 2. The molecule has 1 heterocycles. The van der Waals surface area contributed by atoms with Crippen LogP contribution in [0.1, 0.15) is 25.0 Å². The summed E-state index contributed by atoms with van der Waals surface area (Å²) in [5.74, 6) is -3.16. The third-order valence-corrected chi connectivity index (χ3v) is 5.96. The van der Waals surface area contributed by atoms with Gasteiger partial charge in [-0.1, -0.05) is 67.2 Å². The third-order valence-electron chi connectivity index (χ3n) is 5.49. The first kappa shape index (κ1) is 23.9. The number of hydrogen-bond donors (Lipinski definition) is 2. The molecule has 2 atom stereocenters. The van der Waals surface area contributed by atoms with Crippen LogP contribution in [0.25, 0.3) is 0 Å². The number of aliphatic carboxylic acids is 2. The highest BCUT2D eigenvalue weighted by molar-refractivity contribution is 7.81. The summed E-state index contributed by atoms with van der Waals surface area (Å²) in [5.41, 5.74) is 0.327. The second kappa shape index (κ2) is 10.6. The molecule has 1 aliphatic carbocycles. The molecule has 0 saturated carbocycles. The fourth-order valence-corrected chi connectivity index (χ4v) is 3.98. The fraction of sp³-hybridized carbons (Fsp3) is 0.435. The van der Waals surface area contributed by atoms with Gasteiger partial charge < -0.3 is 14.9 Å². The van der Waals surface area contributed by atoms with E-state index in [0.717, 1.165) is 31.9 Å². The Balaban J connectivity index is 0.000000335. The Morgan fingerprint density at radius 3 is 2.27 bits per heavy atom. The third kappa shape index (κ3) is 5.62. The predicted octanol–water partition coefficient (Wildman–Crippen LogP) is 3.34. The predicted molar refractivity (Wildman–Crippen MR) is 120 cm³/mol. The zero-order chi connectivity index (χ0) is 22.3. The molecule has 3 rings (SSSR count). The molecule has 2 unspecified atom stereocenters. The van der Waals surface area contributed by atoms with Crippen LogP contribution in [-0.4, -0.2) is 64.8 Å². The van der Waals surface area contributed by atoms with Crippen LogP contribution in [0, 0.1) is 18.3 Å². The minimum Gasteiger partial charge on any atom is -0.481 e. The number of benzene rings is 1. The number of ether oxygens (including phenoxy) is 1. The van der Waals surface area contributed by atoms with E-state index in [1.165, 1.54) is 31.7 Å². The van der Waals surface area contributed by atoms with Crippen molar-refractivity contribution in [1.82, 2.24) is 4.90 Å². The number of morpholine rings is 1. The number of carbonyl (C=O) groups is 2. The summed E-state index contributed by atoms with van der Waals surface area (Å²) in [7, 11) is 0. The van der Waals surface area contributed by atoms with Crippen molar-refractivity contribution in [1.29, 1.82) is 0 Å². The molecule has 7 heteroatoms. The van der Waals surface area contributed by atoms with Gasteiger partial charge in [-0.3, -0.25) is 9.69 Å². The van der Waals surface area contributed by atoms with Crippen molar-refractivity contribution in [3.63, 3.8) is 0 Å². The Labute approximate surface area is 182 Å². The molecule has 0 amide bonds. The maximum absolute atomic E-state index is 11.7. The average molecular weight is 432 g/mol. The van der Waals surface area contributed by atoms with Crippen molar-refractivity contribution >= 4 is 29.0 Å². The number of likely N-dealkylation sites (N-methyl/N-ethyl adjacent to an activating group) is 1. The highest BCUT2D eigenvalue weighted by atomic mass is 32.1. The number of carboxylic acids is 2. The summed E-state index contributed by atoms with van der Waals surface area (Å²) >= 11 is 5.45. The first-order valence-electron chi connectivity index (χ1n) is 9.97. The van der Waals surface area contributed by atoms with Gasteiger partial charge in [-0.2, -0.15) is 0 Å². The largest absolute Gasteiger partial charge is 0.481 e. The van der Waals surface area contributed by atoms with Gasteiger partial charge >= 0.3 is 11.9 Å². The van der Waals surface area contributed by atoms with Crippen molar-refractivity contribution in [2.24, 2.45) is 11.3 Å². The van der Waals surface area contributed by atoms with Crippen LogP contribution in [-0.2, 0) is 14.3 Å². The molecule has 0 radical (unpaired) electrons. The number of carboxylic acid groups (broad SMARTS) is 2. The molecule has 1 aliphatic heterocycles. The van der Waals surface area contributed by atoms with Crippen molar-refractivity contribution in [2.45, 2.75) is 20.8 Å². The van der Waals surface area contributed by atoms with E-state index in [0.29, 0.717) is 10.4 Å². The van der Waals surface area contributed by atoms with E-state index >= 15 is 0 Å². The summed E-state index contributed by atoms with van der Waals surface area (Å²) in [5, 5.41) is 19.0. The van der Waals surface area contributed by atoms with Crippen LogP contribution in [0.15, 0.2) is 48.1 Å². The number of hydrogen-bond acceptors (Lipinski definition) is 5. The molecule has 6 nitrogen and oxygen atoms in total. The van der Waals surface area contributed by atoms with Gasteiger partial charge in [-0.15, -0.1) is 0 Å². The van der Waals surface area contributed by atoms with Gasteiger partial charge in [0.15, 0.2) is 0 Å². The molecule has 1 aromatic carbocycles. The van der Waals surface area contributed by atoms with Gasteiger partial charge in [0.1, 0.15) is 0 Å². The summed E-state index contributed by atoms with van der Waals surface area (Å²) in [4.78, 5) is 25.9. The fourth-order valence-electron chi connectivity index (χ4n) is 3.47. The lowest BCUT2D eigenvalue weighted by Crippen LogP contribution is -2.42. The molecule has 1 aromatic rings. The second-order valence-electron chi connectivity index (χ2n) is 7.58. The summed E-state index contributed by atoms with van der Waals surface area (Å²) < 4.78 is 5.16. The Bertz CT molecular complexity index is 840. The Morgan fingerprint density at radius 2 is 1.80 bits per heavy atom. The van der Waals surface area contributed by atoms with Crippen molar-refractivity contribution in [3.8, 4) is 0 Å². The van der Waals surface area contributed by atoms with E-state index in [9.17, 15) is 19.8 Å². The standard InChI is InChI=1S/C17H16O4S.C6H13NO/c1-10-5-7-11(8-6-10)14(22)13-12(15(18)19)4-3-9-17(13,2)16(20)21;1-2-7-3-5-8-6-4-7/h3-9,13H,1-2H3,(H,18,19)(H,20,21);2-6H2,1H3. The van der Waals surface area contributed by atoms with E-state index in [-0.39, 0.29) is 5.57 Å². The smallest absolute Gasteiger partial charge is 0.332 e. The maximum Gasteiger partial charge on any atom is 0.332 e.